The number of benzene rings is 1. The van der Waals surface area contributed by atoms with Crippen LogP contribution in [0.3, 0.4) is 0 Å². The summed E-state index contributed by atoms with van der Waals surface area (Å²) >= 11 is 0. The smallest absolute Gasteiger partial charge is 0.433 e. The normalized spacial score (nSPS) is 11.6. The van der Waals surface area contributed by atoms with Gasteiger partial charge in [0.25, 0.3) is 0 Å². The molecular formula is C19H19F4N3O3. The number of rotatable bonds is 8. The number of halogens is 4. The van der Waals surface area contributed by atoms with Gasteiger partial charge in [-0.3, -0.25) is 4.79 Å². The molecule has 156 valence electrons. The SMILES string of the molecule is COCCOc1nc(C(F)(F)F)ccc1/C=C/C(=O)NCc1ccc(N)c(F)c1. The second-order valence-electron chi connectivity index (χ2n) is 5.84. The van der Waals surface area contributed by atoms with Crippen molar-refractivity contribution in [2.45, 2.75) is 12.7 Å². The van der Waals surface area contributed by atoms with Crippen LogP contribution in [0.1, 0.15) is 16.8 Å². The van der Waals surface area contributed by atoms with E-state index < -0.39 is 23.6 Å². The van der Waals surface area contributed by atoms with Crippen LogP contribution in [0.2, 0.25) is 0 Å². The molecule has 1 heterocycles. The molecule has 0 spiro atoms. The Balaban J connectivity index is 2.08. The highest BCUT2D eigenvalue weighted by Gasteiger charge is 2.33. The molecule has 1 amide bonds. The van der Waals surface area contributed by atoms with Gasteiger partial charge in [0.1, 0.15) is 18.1 Å². The van der Waals surface area contributed by atoms with Crippen molar-refractivity contribution >= 4 is 17.7 Å². The number of nitrogens with one attached hydrogen (secondary N) is 1. The van der Waals surface area contributed by atoms with Gasteiger partial charge in [-0.15, -0.1) is 0 Å². The first kappa shape index (κ1) is 22.2. The number of alkyl halides is 3. The van der Waals surface area contributed by atoms with Crippen LogP contribution in [-0.2, 0) is 22.3 Å². The van der Waals surface area contributed by atoms with Crippen LogP contribution >= 0.6 is 0 Å². The Kier molecular flexibility index (Phi) is 7.54. The van der Waals surface area contributed by atoms with Gasteiger partial charge in [-0.1, -0.05) is 6.07 Å². The van der Waals surface area contributed by atoms with Crippen molar-refractivity contribution in [2.24, 2.45) is 0 Å². The van der Waals surface area contributed by atoms with Crippen LogP contribution in [0.15, 0.2) is 36.4 Å². The van der Waals surface area contributed by atoms with Crippen molar-refractivity contribution in [2.75, 3.05) is 26.1 Å². The van der Waals surface area contributed by atoms with E-state index in [-0.39, 0.29) is 36.9 Å². The van der Waals surface area contributed by atoms with E-state index in [1.165, 1.54) is 25.3 Å². The van der Waals surface area contributed by atoms with Gasteiger partial charge in [-0.25, -0.2) is 9.37 Å². The summed E-state index contributed by atoms with van der Waals surface area (Å²) in [6.07, 6.45) is -2.25. The van der Waals surface area contributed by atoms with E-state index in [1.54, 1.807) is 6.07 Å². The molecule has 6 nitrogen and oxygen atoms in total. The third kappa shape index (κ3) is 6.75. The summed E-state index contributed by atoms with van der Waals surface area (Å²) in [5.41, 5.74) is 4.95. The first-order valence-electron chi connectivity index (χ1n) is 8.40. The van der Waals surface area contributed by atoms with E-state index in [2.05, 4.69) is 10.3 Å². The Hall–Kier alpha value is -3.14. The molecule has 1 aromatic carbocycles. The lowest BCUT2D eigenvalue weighted by Gasteiger charge is -2.11. The number of amides is 1. The number of anilines is 1. The van der Waals surface area contributed by atoms with Crippen LogP contribution in [-0.4, -0.2) is 31.2 Å². The predicted molar refractivity (Wildman–Crippen MR) is 98.3 cm³/mol. The molecule has 0 radical (unpaired) electrons. The summed E-state index contributed by atoms with van der Waals surface area (Å²) < 4.78 is 62.0. The molecule has 0 saturated carbocycles. The minimum absolute atomic E-state index is 0.00391. The number of pyridine rings is 1. The second-order valence-corrected chi connectivity index (χ2v) is 5.84. The molecule has 29 heavy (non-hydrogen) atoms. The van der Waals surface area contributed by atoms with Crippen molar-refractivity contribution in [1.29, 1.82) is 0 Å². The van der Waals surface area contributed by atoms with Gasteiger partial charge in [0.15, 0.2) is 0 Å². The van der Waals surface area contributed by atoms with Crippen LogP contribution in [0.4, 0.5) is 23.2 Å². The van der Waals surface area contributed by atoms with E-state index >= 15 is 0 Å². The number of nitrogen functional groups attached to an aromatic ring is 1. The Morgan fingerprint density at radius 2 is 2.00 bits per heavy atom. The van der Waals surface area contributed by atoms with Crippen LogP contribution in [0.5, 0.6) is 5.88 Å². The maximum atomic E-state index is 13.4. The highest BCUT2D eigenvalue weighted by Crippen LogP contribution is 2.30. The molecule has 0 aliphatic rings. The maximum Gasteiger partial charge on any atom is 0.433 e. The zero-order valence-corrected chi connectivity index (χ0v) is 15.4. The van der Waals surface area contributed by atoms with Gasteiger partial charge >= 0.3 is 6.18 Å². The fourth-order valence-electron chi connectivity index (χ4n) is 2.17. The van der Waals surface area contributed by atoms with E-state index in [0.29, 0.717) is 5.56 Å². The van der Waals surface area contributed by atoms with Gasteiger partial charge in [-0.05, 0) is 35.9 Å². The minimum Gasteiger partial charge on any atom is -0.475 e. The summed E-state index contributed by atoms with van der Waals surface area (Å²) in [4.78, 5) is 15.4. The monoisotopic (exact) mass is 413 g/mol. The fraction of sp³-hybridized carbons (Fsp3) is 0.263. The van der Waals surface area contributed by atoms with Gasteiger partial charge in [0.2, 0.25) is 11.8 Å². The highest BCUT2D eigenvalue weighted by molar-refractivity contribution is 5.92. The third-order valence-corrected chi connectivity index (χ3v) is 3.65. The van der Waals surface area contributed by atoms with Crippen molar-refractivity contribution < 1.29 is 31.8 Å². The zero-order chi connectivity index (χ0) is 21.4. The van der Waals surface area contributed by atoms with Gasteiger partial charge < -0.3 is 20.5 Å². The van der Waals surface area contributed by atoms with Crippen molar-refractivity contribution in [3.05, 3.63) is 59.0 Å². The molecule has 3 N–H and O–H groups in total. The Bertz CT molecular complexity index is 885. The zero-order valence-electron chi connectivity index (χ0n) is 15.4. The molecule has 0 bridgehead atoms. The number of hydrogen-bond acceptors (Lipinski definition) is 5. The first-order chi connectivity index (χ1) is 13.7. The average molecular weight is 413 g/mol. The molecule has 10 heteroatoms. The molecule has 1 aromatic heterocycles. The lowest BCUT2D eigenvalue weighted by molar-refractivity contribution is -0.141. The largest absolute Gasteiger partial charge is 0.475 e. The topological polar surface area (TPSA) is 86.5 Å². The number of nitrogens with two attached hydrogens (primary N) is 1. The fourth-order valence-corrected chi connectivity index (χ4v) is 2.17. The first-order valence-corrected chi connectivity index (χ1v) is 8.40. The highest BCUT2D eigenvalue weighted by atomic mass is 19.4. The number of methoxy groups -OCH3 is 1. The Morgan fingerprint density at radius 3 is 2.66 bits per heavy atom. The molecule has 2 aromatic rings. The van der Waals surface area contributed by atoms with Crippen LogP contribution in [0, 0.1) is 5.82 Å². The van der Waals surface area contributed by atoms with E-state index in [9.17, 15) is 22.4 Å². The number of carbonyl (C=O) groups excluding carboxylic acids is 1. The predicted octanol–water partition coefficient (Wildman–Crippen LogP) is 3.18. The molecule has 0 aliphatic heterocycles. The van der Waals surface area contributed by atoms with E-state index in [0.717, 1.165) is 18.2 Å². The quantitative estimate of drug-likeness (QED) is 0.301. The number of aromatic nitrogens is 1. The van der Waals surface area contributed by atoms with Crippen molar-refractivity contribution in [3.63, 3.8) is 0 Å². The second kappa shape index (κ2) is 9.87. The number of hydrogen-bond donors (Lipinski definition) is 2. The minimum atomic E-state index is -4.63. The number of ether oxygens (including phenoxy) is 2. The van der Waals surface area contributed by atoms with E-state index in [1.807, 2.05) is 0 Å². The van der Waals surface area contributed by atoms with Crippen molar-refractivity contribution in [1.82, 2.24) is 10.3 Å². The molecule has 0 aliphatic carbocycles. The van der Waals surface area contributed by atoms with Crippen molar-refractivity contribution in [3.8, 4) is 5.88 Å². The molecule has 2 rings (SSSR count). The standard InChI is InChI=1S/C19H19F4N3O3/c1-28-8-9-29-18-13(3-6-16(26-18)19(21,22)23)4-7-17(27)25-11-12-2-5-15(24)14(20)10-12/h2-7,10H,8-9,11,24H2,1H3,(H,25,27)/b7-4+. The van der Waals surface area contributed by atoms with Crippen LogP contribution in [0.25, 0.3) is 6.08 Å². The summed E-state index contributed by atoms with van der Waals surface area (Å²) in [5.74, 6) is -1.41. The number of nitrogens with zero attached hydrogens (tertiary/aromatic N) is 1. The third-order valence-electron chi connectivity index (χ3n) is 3.65. The average Bonchev–Trinajstić information content (AvgIpc) is 2.67. The summed E-state index contributed by atoms with van der Waals surface area (Å²) in [6.45, 7) is 0.184. The molecule has 0 atom stereocenters. The van der Waals surface area contributed by atoms with E-state index in [4.69, 9.17) is 15.2 Å². The Morgan fingerprint density at radius 1 is 1.24 bits per heavy atom. The Labute approximate surface area is 164 Å². The summed E-state index contributed by atoms with van der Waals surface area (Å²) in [6, 6.07) is 6.07. The van der Waals surface area contributed by atoms with Crippen LogP contribution < -0.4 is 15.8 Å². The molecule has 0 fully saturated rings. The molecule has 0 unspecified atom stereocenters. The maximum absolute atomic E-state index is 13.4. The van der Waals surface area contributed by atoms with Gasteiger partial charge in [0.05, 0.1) is 12.3 Å². The summed E-state index contributed by atoms with van der Waals surface area (Å²) in [5, 5.41) is 2.53. The lowest BCUT2D eigenvalue weighted by Crippen LogP contribution is -2.20. The molecule has 0 saturated heterocycles. The lowest BCUT2D eigenvalue weighted by atomic mass is 10.2. The van der Waals surface area contributed by atoms with Gasteiger partial charge in [0, 0.05) is 25.3 Å². The summed E-state index contributed by atoms with van der Waals surface area (Å²) in [7, 11) is 1.42. The van der Waals surface area contributed by atoms with Gasteiger partial charge in [-0.2, -0.15) is 13.2 Å². The molecular weight excluding hydrogens is 394 g/mol. The number of carbonyl (C=O) groups is 1.